The molecule has 0 bridgehead atoms. The van der Waals surface area contributed by atoms with Gasteiger partial charge in [-0.05, 0) is 45.6 Å². The summed E-state index contributed by atoms with van der Waals surface area (Å²) in [5.41, 5.74) is 1.13. The zero-order valence-electron chi connectivity index (χ0n) is 10.5. The van der Waals surface area contributed by atoms with Gasteiger partial charge < -0.3 is 10.1 Å². The van der Waals surface area contributed by atoms with E-state index in [4.69, 9.17) is 0 Å². The van der Waals surface area contributed by atoms with Gasteiger partial charge in [0.2, 0.25) is 0 Å². The molecule has 104 valence electrons. The summed E-state index contributed by atoms with van der Waals surface area (Å²) in [4.78, 5) is 23.8. The zero-order chi connectivity index (χ0) is 14.5. The van der Waals surface area contributed by atoms with Crippen LogP contribution in [-0.2, 0) is 4.74 Å². The number of thiophene rings is 1. The summed E-state index contributed by atoms with van der Waals surface area (Å²) >= 11 is 4.66. The second-order valence-corrected chi connectivity index (χ2v) is 5.52. The first-order chi connectivity index (χ1) is 9.60. The molecule has 2 amide bonds. The summed E-state index contributed by atoms with van der Waals surface area (Å²) in [6, 6.07) is 8.63. The van der Waals surface area contributed by atoms with Gasteiger partial charge in [0.25, 0.3) is 5.91 Å². The second kappa shape index (κ2) is 6.53. The first-order valence-corrected chi connectivity index (χ1v) is 7.27. The molecule has 2 rings (SSSR count). The maximum atomic E-state index is 12.0. The number of anilines is 2. The standard InChI is InChI=1S/C13H11BrN2O3S/c1-19-13(18)16-9-4-2-3-8(7-9)15-12(17)11-10(14)5-6-20-11/h2-7H,1H3,(H,15,17)(H,16,18). The average molecular weight is 355 g/mol. The fourth-order valence-electron chi connectivity index (χ4n) is 1.49. The maximum Gasteiger partial charge on any atom is 0.411 e. The number of methoxy groups -OCH3 is 1. The predicted molar refractivity (Wildman–Crippen MR) is 82.4 cm³/mol. The van der Waals surface area contributed by atoms with Gasteiger partial charge in [-0.25, -0.2) is 4.79 Å². The minimum atomic E-state index is -0.561. The van der Waals surface area contributed by atoms with Crippen LogP contribution in [0.15, 0.2) is 40.2 Å². The van der Waals surface area contributed by atoms with Crippen molar-refractivity contribution in [1.29, 1.82) is 0 Å². The van der Waals surface area contributed by atoms with Crippen molar-refractivity contribution in [3.63, 3.8) is 0 Å². The molecule has 0 atom stereocenters. The summed E-state index contributed by atoms with van der Waals surface area (Å²) in [6.45, 7) is 0. The number of halogens is 1. The van der Waals surface area contributed by atoms with E-state index in [-0.39, 0.29) is 5.91 Å². The molecule has 1 aromatic carbocycles. The highest BCUT2D eigenvalue weighted by Crippen LogP contribution is 2.24. The minimum absolute atomic E-state index is 0.206. The lowest BCUT2D eigenvalue weighted by atomic mass is 10.2. The van der Waals surface area contributed by atoms with Crippen molar-refractivity contribution in [3.8, 4) is 0 Å². The van der Waals surface area contributed by atoms with E-state index in [1.807, 2.05) is 11.4 Å². The molecule has 5 nitrogen and oxygen atoms in total. The van der Waals surface area contributed by atoms with Crippen LogP contribution in [0.2, 0.25) is 0 Å². The van der Waals surface area contributed by atoms with Crippen LogP contribution in [0.1, 0.15) is 9.67 Å². The van der Waals surface area contributed by atoms with Crippen molar-refractivity contribution in [3.05, 3.63) is 45.1 Å². The zero-order valence-corrected chi connectivity index (χ0v) is 12.9. The first kappa shape index (κ1) is 14.5. The van der Waals surface area contributed by atoms with Gasteiger partial charge in [-0.15, -0.1) is 11.3 Å². The quantitative estimate of drug-likeness (QED) is 0.876. The lowest BCUT2D eigenvalue weighted by molar-refractivity contribution is 0.103. The average Bonchev–Trinajstić information content (AvgIpc) is 2.85. The van der Waals surface area contributed by atoms with E-state index in [0.29, 0.717) is 16.3 Å². The smallest absolute Gasteiger partial charge is 0.411 e. The van der Waals surface area contributed by atoms with Crippen LogP contribution in [0.25, 0.3) is 0 Å². The van der Waals surface area contributed by atoms with Gasteiger partial charge in [0.05, 0.1) is 7.11 Å². The van der Waals surface area contributed by atoms with Crippen LogP contribution in [0, 0.1) is 0 Å². The number of carbonyl (C=O) groups excluding carboxylic acids is 2. The highest BCUT2D eigenvalue weighted by atomic mass is 79.9. The topological polar surface area (TPSA) is 67.4 Å². The van der Waals surface area contributed by atoms with Gasteiger partial charge in [0.15, 0.2) is 0 Å². The molecule has 0 aliphatic rings. The van der Waals surface area contributed by atoms with E-state index < -0.39 is 6.09 Å². The highest BCUT2D eigenvalue weighted by Gasteiger charge is 2.12. The Bertz CT molecular complexity index is 642. The van der Waals surface area contributed by atoms with E-state index in [9.17, 15) is 9.59 Å². The Labute approximate surface area is 128 Å². The number of carbonyl (C=O) groups is 2. The van der Waals surface area contributed by atoms with Crippen LogP contribution in [-0.4, -0.2) is 19.1 Å². The molecule has 2 aromatic rings. The monoisotopic (exact) mass is 354 g/mol. The van der Waals surface area contributed by atoms with Gasteiger partial charge >= 0.3 is 6.09 Å². The van der Waals surface area contributed by atoms with Crippen molar-refractivity contribution >= 4 is 50.6 Å². The lowest BCUT2D eigenvalue weighted by Gasteiger charge is -2.07. The Morgan fingerprint density at radius 1 is 1.20 bits per heavy atom. The van der Waals surface area contributed by atoms with Crippen LogP contribution >= 0.6 is 27.3 Å². The fourth-order valence-corrected chi connectivity index (χ4v) is 2.93. The molecule has 0 fully saturated rings. The predicted octanol–water partition coefficient (Wildman–Crippen LogP) is 3.94. The first-order valence-electron chi connectivity index (χ1n) is 5.59. The molecule has 0 aliphatic heterocycles. The molecule has 0 saturated carbocycles. The summed E-state index contributed by atoms with van der Waals surface area (Å²) in [5, 5.41) is 7.13. The van der Waals surface area contributed by atoms with Crippen LogP contribution in [0.4, 0.5) is 16.2 Å². The Hall–Kier alpha value is -1.86. The maximum absolute atomic E-state index is 12.0. The van der Waals surface area contributed by atoms with Crippen LogP contribution < -0.4 is 10.6 Å². The molecule has 1 aromatic heterocycles. The molecule has 7 heteroatoms. The largest absolute Gasteiger partial charge is 0.453 e. The molecule has 20 heavy (non-hydrogen) atoms. The number of hydrogen-bond donors (Lipinski definition) is 2. The van der Waals surface area contributed by atoms with E-state index in [0.717, 1.165) is 4.47 Å². The summed E-state index contributed by atoms with van der Waals surface area (Å²) < 4.78 is 5.26. The number of amides is 2. The van der Waals surface area contributed by atoms with Crippen LogP contribution in [0.3, 0.4) is 0 Å². The summed E-state index contributed by atoms with van der Waals surface area (Å²) in [5.74, 6) is -0.206. The number of benzene rings is 1. The normalized spacial score (nSPS) is 9.90. The van der Waals surface area contributed by atoms with Gasteiger partial charge in [0, 0.05) is 15.8 Å². The highest BCUT2D eigenvalue weighted by molar-refractivity contribution is 9.10. The minimum Gasteiger partial charge on any atom is -0.453 e. The molecular weight excluding hydrogens is 344 g/mol. The Balaban J connectivity index is 2.10. The Morgan fingerprint density at radius 3 is 2.50 bits per heavy atom. The van der Waals surface area contributed by atoms with Crippen molar-refractivity contribution < 1.29 is 14.3 Å². The van der Waals surface area contributed by atoms with E-state index >= 15 is 0 Å². The van der Waals surface area contributed by atoms with Crippen molar-refractivity contribution in [2.45, 2.75) is 0 Å². The van der Waals surface area contributed by atoms with E-state index in [2.05, 4.69) is 31.3 Å². The summed E-state index contributed by atoms with van der Waals surface area (Å²) in [6.07, 6.45) is -0.561. The van der Waals surface area contributed by atoms with Gasteiger partial charge in [-0.2, -0.15) is 0 Å². The molecule has 0 radical (unpaired) electrons. The molecule has 0 aliphatic carbocycles. The van der Waals surface area contributed by atoms with Gasteiger partial charge in [0.1, 0.15) is 4.88 Å². The Kier molecular flexibility index (Phi) is 4.75. The fraction of sp³-hybridized carbons (Fsp3) is 0.0769. The second-order valence-electron chi connectivity index (χ2n) is 3.75. The molecule has 0 saturated heterocycles. The summed E-state index contributed by atoms with van der Waals surface area (Å²) in [7, 11) is 1.29. The third-order valence-corrected chi connectivity index (χ3v) is 4.21. The van der Waals surface area contributed by atoms with Crippen molar-refractivity contribution in [2.24, 2.45) is 0 Å². The van der Waals surface area contributed by atoms with E-state index in [1.165, 1.54) is 18.4 Å². The molecule has 2 N–H and O–H groups in total. The van der Waals surface area contributed by atoms with E-state index in [1.54, 1.807) is 24.3 Å². The van der Waals surface area contributed by atoms with Crippen molar-refractivity contribution in [1.82, 2.24) is 0 Å². The molecular formula is C13H11BrN2O3S. The molecule has 1 heterocycles. The number of ether oxygens (including phenoxy) is 1. The number of nitrogens with one attached hydrogen (secondary N) is 2. The van der Waals surface area contributed by atoms with Gasteiger partial charge in [-0.1, -0.05) is 6.07 Å². The van der Waals surface area contributed by atoms with Crippen LogP contribution in [0.5, 0.6) is 0 Å². The Morgan fingerprint density at radius 2 is 1.90 bits per heavy atom. The third-order valence-electron chi connectivity index (χ3n) is 2.38. The molecule has 0 unspecified atom stereocenters. The molecule has 0 spiro atoms. The van der Waals surface area contributed by atoms with Crippen molar-refractivity contribution in [2.75, 3.05) is 17.7 Å². The lowest BCUT2D eigenvalue weighted by Crippen LogP contribution is -2.13. The van der Waals surface area contributed by atoms with Gasteiger partial charge in [-0.3, -0.25) is 10.1 Å². The number of rotatable bonds is 3. The number of hydrogen-bond acceptors (Lipinski definition) is 4. The third kappa shape index (κ3) is 3.58. The SMILES string of the molecule is COC(=O)Nc1cccc(NC(=O)c2sccc2Br)c1.